The maximum absolute atomic E-state index is 11.2. The minimum Gasteiger partial charge on any atom is -0.464 e. The number of aromatic nitrogens is 1. The molecule has 1 rings (SSSR count). The van der Waals surface area contributed by atoms with Crippen molar-refractivity contribution >= 4 is 27.6 Å². The van der Waals surface area contributed by atoms with E-state index < -0.39 is 5.97 Å². The van der Waals surface area contributed by atoms with Crippen LogP contribution in [-0.4, -0.2) is 32.2 Å². The van der Waals surface area contributed by atoms with E-state index in [-0.39, 0.29) is 0 Å². The Balaban J connectivity index is 3.13. The highest BCUT2D eigenvalue weighted by Gasteiger charge is 2.11. The average molecular weight is 259 g/mol. The molecule has 4 nitrogen and oxygen atoms in total. The van der Waals surface area contributed by atoms with E-state index in [0.29, 0.717) is 5.69 Å². The maximum Gasteiger partial charge on any atom is 0.356 e. The Morgan fingerprint density at radius 1 is 1.57 bits per heavy atom. The molecule has 0 bridgehead atoms. The van der Waals surface area contributed by atoms with Gasteiger partial charge < -0.3 is 9.64 Å². The smallest absolute Gasteiger partial charge is 0.356 e. The first-order valence-electron chi connectivity index (χ1n) is 3.97. The summed E-state index contributed by atoms with van der Waals surface area (Å²) in [5.74, 6) is -0.430. The predicted molar refractivity (Wildman–Crippen MR) is 57.6 cm³/mol. The van der Waals surface area contributed by atoms with Gasteiger partial charge in [-0.15, -0.1) is 0 Å². The molecule has 1 heterocycles. The monoisotopic (exact) mass is 258 g/mol. The van der Waals surface area contributed by atoms with Crippen molar-refractivity contribution in [1.29, 1.82) is 0 Å². The highest BCUT2D eigenvalue weighted by Crippen LogP contribution is 2.24. The van der Waals surface area contributed by atoms with Gasteiger partial charge in [-0.05, 0) is 22.0 Å². The molecule has 5 heteroatoms. The molecular formula is C9H11BrN2O2. The molecule has 76 valence electrons. The van der Waals surface area contributed by atoms with Crippen molar-refractivity contribution in [2.24, 2.45) is 0 Å². The Labute approximate surface area is 91.0 Å². The summed E-state index contributed by atoms with van der Waals surface area (Å²) in [5.41, 5.74) is 1.19. The second kappa shape index (κ2) is 4.41. The number of anilines is 1. The number of ether oxygens (including phenoxy) is 1. The Morgan fingerprint density at radius 3 is 2.71 bits per heavy atom. The lowest BCUT2D eigenvalue weighted by Gasteiger charge is -2.14. The lowest BCUT2D eigenvalue weighted by atomic mass is 10.3. The lowest BCUT2D eigenvalue weighted by molar-refractivity contribution is 0.0594. The van der Waals surface area contributed by atoms with E-state index >= 15 is 0 Å². The number of carbonyl (C=O) groups excluding carboxylic acids is 1. The molecule has 0 aliphatic carbocycles. The SMILES string of the molecule is COC(=O)c1cc(N(C)C)c(Br)cn1. The first-order valence-corrected chi connectivity index (χ1v) is 4.76. The van der Waals surface area contributed by atoms with Gasteiger partial charge in [-0.3, -0.25) is 0 Å². The number of hydrogen-bond acceptors (Lipinski definition) is 4. The van der Waals surface area contributed by atoms with Crippen molar-refractivity contribution in [3.05, 3.63) is 22.4 Å². The molecule has 0 unspecified atom stereocenters. The van der Waals surface area contributed by atoms with Crippen LogP contribution in [0.5, 0.6) is 0 Å². The number of nitrogens with zero attached hydrogens (tertiary/aromatic N) is 2. The third-order valence-corrected chi connectivity index (χ3v) is 2.32. The molecule has 14 heavy (non-hydrogen) atoms. The van der Waals surface area contributed by atoms with Gasteiger partial charge in [0.15, 0.2) is 0 Å². The number of carbonyl (C=O) groups is 1. The van der Waals surface area contributed by atoms with Crippen LogP contribution < -0.4 is 4.90 Å². The molecule has 0 aliphatic heterocycles. The molecule has 0 radical (unpaired) electrons. The van der Waals surface area contributed by atoms with Crippen LogP contribution >= 0.6 is 15.9 Å². The van der Waals surface area contributed by atoms with Crippen molar-refractivity contribution in [3.63, 3.8) is 0 Å². The summed E-state index contributed by atoms with van der Waals surface area (Å²) >= 11 is 3.35. The second-order valence-electron chi connectivity index (χ2n) is 2.91. The fourth-order valence-corrected chi connectivity index (χ4v) is 1.56. The summed E-state index contributed by atoms with van der Waals surface area (Å²) < 4.78 is 5.42. The van der Waals surface area contributed by atoms with Crippen LogP contribution in [-0.2, 0) is 4.74 Å². The third-order valence-electron chi connectivity index (χ3n) is 1.71. The highest BCUT2D eigenvalue weighted by molar-refractivity contribution is 9.10. The van der Waals surface area contributed by atoms with Gasteiger partial charge in [0.05, 0.1) is 17.3 Å². The topological polar surface area (TPSA) is 42.4 Å². The summed E-state index contributed by atoms with van der Waals surface area (Å²) in [6, 6.07) is 1.68. The van der Waals surface area contributed by atoms with Crippen molar-refractivity contribution in [2.45, 2.75) is 0 Å². The molecule has 0 fully saturated rings. The lowest BCUT2D eigenvalue weighted by Crippen LogP contribution is -2.12. The van der Waals surface area contributed by atoms with Crippen molar-refractivity contribution in [1.82, 2.24) is 4.98 Å². The summed E-state index contributed by atoms with van der Waals surface area (Å²) in [6.45, 7) is 0. The van der Waals surface area contributed by atoms with Crippen LogP contribution in [0.3, 0.4) is 0 Å². The molecule has 0 spiro atoms. The first-order chi connectivity index (χ1) is 6.56. The number of halogens is 1. The van der Waals surface area contributed by atoms with Gasteiger partial charge in [0.1, 0.15) is 5.69 Å². The highest BCUT2D eigenvalue weighted by atomic mass is 79.9. The minimum atomic E-state index is -0.430. The van der Waals surface area contributed by atoms with Gasteiger partial charge in [0.2, 0.25) is 0 Å². The predicted octanol–water partition coefficient (Wildman–Crippen LogP) is 1.70. The number of methoxy groups -OCH3 is 1. The largest absolute Gasteiger partial charge is 0.464 e. The fraction of sp³-hybridized carbons (Fsp3) is 0.333. The van der Waals surface area contributed by atoms with Crippen molar-refractivity contribution in [2.75, 3.05) is 26.1 Å². The molecule has 0 saturated carbocycles. The Hall–Kier alpha value is -1.10. The van der Waals surface area contributed by atoms with Crippen LogP contribution in [0.4, 0.5) is 5.69 Å². The Morgan fingerprint density at radius 2 is 2.21 bits per heavy atom. The van der Waals surface area contributed by atoms with Crippen LogP contribution in [0.25, 0.3) is 0 Å². The van der Waals surface area contributed by atoms with Crippen molar-refractivity contribution < 1.29 is 9.53 Å². The Kier molecular flexibility index (Phi) is 3.46. The number of pyridine rings is 1. The normalized spacial score (nSPS) is 9.71. The molecule has 0 atom stereocenters. The fourth-order valence-electron chi connectivity index (χ4n) is 0.987. The zero-order valence-corrected chi connectivity index (χ0v) is 9.83. The van der Waals surface area contributed by atoms with Gasteiger partial charge in [-0.2, -0.15) is 0 Å². The zero-order valence-electron chi connectivity index (χ0n) is 8.24. The second-order valence-corrected chi connectivity index (χ2v) is 3.76. The number of hydrogen-bond donors (Lipinski definition) is 0. The minimum absolute atomic E-state index is 0.305. The number of rotatable bonds is 2. The maximum atomic E-state index is 11.2. The molecule has 0 aromatic carbocycles. The van der Waals surface area contributed by atoms with Crippen LogP contribution in [0, 0.1) is 0 Å². The third kappa shape index (κ3) is 2.23. The molecular weight excluding hydrogens is 248 g/mol. The summed E-state index contributed by atoms with van der Waals surface area (Å²) in [6.07, 6.45) is 1.58. The van der Waals surface area contributed by atoms with E-state index in [1.165, 1.54) is 7.11 Å². The average Bonchev–Trinajstić information content (AvgIpc) is 2.17. The standard InChI is InChI=1S/C9H11BrN2O2/c1-12(2)8-4-7(9(13)14-3)11-5-6(8)10/h4-5H,1-3H3. The molecule has 0 N–H and O–H groups in total. The van der Waals surface area contributed by atoms with Gasteiger partial charge in [0.25, 0.3) is 0 Å². The van der Waals surface area contributed by atoms with Crippen LogP contribution in [0.2, 0.25) is 0 Å². The molecule has 0 amide bonds. The van der Waals surface area contributed by atoms with E-state index in [1.807, 2.05) is 19.0 Å². The number of esters is 1. The molecule has 1 aromatic heterocycles. The van der Waals surface area contributed by atoms with Gasteiger partial charge in [-0.25, -0.2) is 9.78 Å². The first kappa shape index (κ1) is 11.0. The molecule has 0 saturated heterocycles. The van der Waals surface area contributed by atoms with E-state index in [0.717, 1.165) is 10.2 Å². The Bertz CT molecular complexity index is 353. The van der Waals surface area contributed by atoms with Gasteiger partial charge >= 0.3 is 5.97 Å². The van der Waals surface area contributed by atoms with Crippen LogP contribution in [0.1, 0.15) is 10.5 Å². The van der Waals surface area contributed by atoms with Gasteiger partial charge in [0, 0.05) is 20.3 Å². The zero-order chi connectivity index (χ0) is 10.7. The summed E-state index contributed by atoms with van der Waals surface area (Å²) in [5, 5.41) is 0. The van der Waals surface area contributed by atoms with Gasteiger partial charge in [-0.1, -0.05) is 0 Å². The van der Waals surface area contributed by atoms with Crippen LogP contribution in [0.15, 0.2) is 16.7 Å². The van der Waals surface area contributed by atoms with E-state index in [4.69, 9.17) is 0 Å². The summed E-state index contributed by atoms with van der Waals surface area (Å²) in [4.78, 5) is 17.0. The quantitative estimate of drug-likeness (QED) is 0.758. The summed E-state index contributed by atoms with van der Waals surface area (Å²) in [7, 11) is 5.11. The van der Waals surface area contributed by atoms with E-state index in [9.17, 15) is 4.79 Å². The van der Waals surface area contributed by atoms with E-state index in [1.54, 1.807) is 12.3 Å². The van der Waals surface area contributed by atoms with Crippen molar-refractivity contribution in [3.8, 4) is 0 Å². The molecule has 1 aromatic rings. The molecule has 0 aliphatic rings. The van der Waals surface area contributed by atoms with E-state index in [2.05, 4.69) is 25.7 Å².